The van der Waals surface area contributed by atoms with E-state index in [-0.39, 0.29) is 18.4 Å². The summed E-state index contributed by atoms with van der Waals surface area (Å²) in [6.07, 6.45) is 7.83. The first-order valence-corrected chi connectivity index (χ1v) is 11.1. The Hall–Kier alpha value is -2.54. The summed E-state index contributed by atoms with van der Waals surface area (Å²) in [5.41, 5.74) is 0.777. The lowest BCUT2D eigenvalue weighted by Crippen LogP contribution is -2.41. The molecule has 0 saturated heterocycles. The van der Waals surface area contributed by atoms with Crippen molar-refractivity contribution in [3.63, 3.8) is 0 Å². The summed E-state index contributed by atoms with van der Waals surface area (Å²) in [7, 11) is 0. The fraction of sp³-hybridized carbons (Fsp3) is 0.409. The molecular formula is C22H25N3O3S. The maximum absolute atomic E-state index is 12.7. The van der Waals surface area contributed by atoms with E-state index in [9.17, 15) is 9.59 Å². The molecule has 0 unspecified atom stereocenters. The van der Waals surface area contributed by atoms with E-state index in [0.717, 1.165) is 10.6 Å². The normalized spacial score (nSPS) is 17.0. The highest BCUT2D eigenvalue weighted by Gasteiger charge is 2.26. The van der Waals surface area contributed by atoms with Gasteiger partial charge in [-0.3, -0.25) is 9.59 Å². The maximum atomic E-state index is 12.7. The van der Waals surface area contributed by atoms with E-state index in [1.165, 1.54) is 48.8 Å². The topological polar surface area (TPSA) is 71.5 Å². The minimum Gasteiger partial charge on any atom is -0.489 e. The van der Waals surface area contributed by atoms with Crippen molar-refractivity contribution >= 4 is 35.1 Å². The van der Waals surface area contributed by atoms with Gasteiger partial charge in [-0.15, -0.1) is 11.8 Å². The van der Waals surface area contributed by atoms with Crippen LogP contribution in [0.15, 0.2) is 47.5 Å². The number of amides is 2. The number of nitrogens with zero attached hydrogens (tertiary/aromatic N) is 2. The summed E-state index contributed by atoms with van der Waals surface area (Å²) in [5.74, 6) is 1.52. The molecule has 1 N–H and O–H groups in total. The van der Waals surface area contributed by atoms with Crippen molar-refractivity contribution in [2.75, 3.05) is 29.1 Å². The van der Waals surface area contributed by atoms with Gasteiger partial charge in [0.15, 0.2) is 11.6 Å². The van der Waals surface area contributed by atoms with Crippen LogP contribution < -0.4 is 15.0 Å². The number of carbonyl (C=O) groups is 2. The predicted octanol–water partition coefficient (Wildman–Crippen LogP) is 4.12. The maximum Gasteiger partial charge on any atom is 0.245 e. The summed E-state index contributed by atoms with van der Waals surface area (Å²) in [6.45, 7) is 0.596. The summed E-state index contributed by atoms with van der Waals surface area (Å²) >= 11 is 1.50. The van der Waals surface area contributed by atoms with Crippen molar-refractivity contribution in [2.45, 2.75) is 37.0 Å². The Labute approximate surface area is 175 Å². The Balaban J connectivity index is 1.40. The van der Waals surface area contributed by atoms with Gasteiger partial charge in [0.1, 0.15) is 6.54 Å². The van der Waals surface area contributed by atoms with Gasteiger partial charge < -0.3 is 15.0 Å². The first-order valence-electron chi connectivity index (χ1n) is 10.1. The van der Waals surface area contributed by atoms with Gasteiger partial charge in [-0.1, -0.05) is 31.4 Å². The molecule has 2 amide bonds. The number of fused-ring (bicyclic) bond motifs is 1. The molecule has 2 heterocycles. The van der Waals surface area contributed by atoms with Crippen molar-refractivity contribution in [3.05, 3.63) is 42.6 Å². The van der Waals surface area contributed by atoms with Crippen molar-refractivity contribution in [1.29, 1.82) is 0 Å². The van der Waals surface area contributed by atoms with Gasteiger partial charge in [-0.2, -0.15) is 0 Å². The molecule has 1 aromatic heterocycles. The van der Waals surface area contributed by atoms with Gasteiger partial charge in [0.2, 0.25) is 11.8 Å². The number of benzene rings is 1. The molecule has 0 bridgehead atoms. The standard InChI is InChI=1S/C22H25N3O3S/c26-20(13-25-17-9-4-5-11-19(17)29-15-21(25)27)24-22-18(10-6-12-23-22)28-14-16-7-2-1-3-8-16/h4-6,9-12,16H,1-3,7-8,13-15H2,(H,23,24,26). The van der Waals surface area contributed by atoms with Crippen molar-refractivity contribution in [3.8, 4) is 5.75 Å². The van der Waals surface area contributed by atoms with E-state index in [1.807, 2.05) is 30.3 Å². The summed E-state index contributed by atoms with van der Waals surface area (Å²) < 4.78 is 5.98. The highest BCUT2D eigenvalue weighted by molar-refractivity contribution is 8.00. The zero-order valence-corrected chi connectivity index (χ0v) is 17.1. The van der Waals surface area contributed by atoms with Crippen LogP contribution in [-0.2, 0) is 9.59 Å². The lowest BCUT2D eigenvalue weighted by molar-refractivity contribution is -0.120. The average molecular weight is 412 g/mol. The number of rotatable bonds is 6. The SMILES string of the molecule is O=C(CN1C(=O)CSc2ccccc21)Nc1ncccc1OCC1CCCCC1. The fourth-order valence-corrected chi connectivity index (χ4v) is 4.74. The largest absolute Gasteiger partial charge is 0.489 e. The third kappa shape index (κ3) is 4.90. The van der Waals surface area contributed by atoms with Crippen molar-refractivity contribution < 1.29 is 14.3 Å². The van der Waals surface area contributed by atoms with Gasteiger partial charge in [-0.05, 0) is 43.0 Å². The summed E-state index contributed by atoms with van der Waals surface area (Å²) in [5, 5.41) is 2.82. The number of para-hydroxylation sites is 1. The molecule has 6 nitrogen and oxygen atoms in total. The molecule has 0 spiro atoms. The molecular weight excluding hydrogens is 386 g/mol. The molecule has 1 saturated carbocycles. The second-order valence-corrected chi connectivity index (χ2v) is 8.47. The van der Waals surface area contributed by atoms with E-state index >= 15 is 0 Å². The molecule has 1 aliphatic carbocycles. The van der Waals surface area contributed by atoms with Gasteiger partial charge in [0.05, 0.1) is 18.0 Å². The second kappa shape index (κ2) is 9.31. The van der Waals surface area contributed by atoms with E-state index < -0.39 is 0 Å². The van der Waals surface area contributed by atoms with Crippen LogP contribution >= 0.6 is 11.8 Å². The molecule has 2 aliphatic rings. The van der Waals surface area contributed by atoms with E-state index in [2.05, 4.69) is 10.3 Å². The Morgan fingerprint density at radius 1 is 1.17 bits per heavy atom. The van der Waals surface area contributed by atoms with Crippen LogP contribution in [0.2, 0.25) is 0 Å². The summed E-state index contributed by atoms with van der Waals surface area (Å²) in [4.78, 5) is 31.9. The van der Waals surface area contributed by atoms with Gasteiger partial charge in [0, 0.05) is 11.1 Å². The Morgan fingerprint density at radius 2 is 2.00 bits per heavy atom. The van der Waals surface area contributed by atoms with Crippen LogP contribution in [0.3, 0.4) is 0 Å². The number of ether oxygens (including phenoxy) is 1. The van der Waals surface area contributed by atoms with E-state index in [1.54, 1.807) is 12.3 Å². The van der Waals surface area contributed by atoms with Gasteiger partial charge in [0.25, 0.3) is 0 Å². The Morgan fingerprint density at radius 3 is 2.86 bits per heavy atom. The van der Waals surface area contributed by atoms with Gasteiger partial charge >= 0.3 is 0 Å². The fourth-order valence-electron chi connectivity index (χ4n) is 3.80. The highest BCUT2D eigenvalue weighted by Crippen LogP contribution is 2.35. The minimum absolute atomic E-state index is 0.0466. The number of pyridine rings is 1. The first kappa shape index (κ1) is 19.8. The molecule has 0 radical (unpaired) electrons. The van der Waals surface area contributed by atoms with Crippen LogP contribution in [0.5, 0.6) is 5.75 Å². The lowest BCUT2D eigenvalue weighted by Gasteiger charge is -2.28. The van der Waals surface area contributed by atoms with E-state index in [0.29, 0.717) is 29.8 Å². The number of carbonyl (C=O) groups excluding carboxylic acids is 2. The summed E-state index contributed by atoms with van der Waals surface area (Å²) in [6, 6.07) is 11.3. The lowest BCUT2D eigenvalue weighted by atomic mass is 9.90. The van der Waals surface area contributed by atoms with Crippen LogP contribution in [0.1, 0.15) is 32.1 Å². The quantitative estimate of drug-likeness (QED) is 0.774. The zero-order chi connectivity index (χ0) is 20.1. The molecule has 7 heteroatoms. The number of hydrogen-bond acceptors (Lipinski definition) is 5. The smallest absolute Gasteiger partial charge is 0.245 e. The van der Waals surface area contributed by atoms with Crippen molar-refractivity contribution in [2.24, 2.45) is 5.92 Å². The number of anilines is 2. The molecule has 4 rings (SSSR count). The van der Waals surface area contributed by atoms with Crippen LogP contribution in [0, 0.1) is 5.92 Å². The Kier molecular flexibility index (Phi) is 6.34. The number of aromatic nitrogens is 1. The zero-order valence-electron chi connectivity index (χ0n) is 16.3. The van der Waals surface area contributed by atoms with Crippen LogP contribution in [0.4, 0.5) is 11.5 Å². The first-order chi connectivity index (χ1) is 14.2. The van der Waals surface area contributed by atoms with Crippen molar-refractivity contribution in [1.82, 2.24) is 4.98 Å². The second-order valence-electron chi connectivity index (χ2n) is 7.45. The Bertz CT molecular complexity index is 883. The number of nitrogens with one attached hydrogen (secondary N) is 1. The van der Waals surface area contributed by atoms with Crippen LogP contribution in [-0.4, -0.2) is 35.7 Å². The van der Waals surface area contributed by atoms with Crippen LogP contribution in [0.25, 0.3) is 0 Å². The molecule has 29 heavy (non-hydrogen) atoms. The molecule has 1 aromatic carbocycles. The van der Waals surface area contributed by atoms with Gasteiger partial charge in [-0.25, -0.2) is 4.98 Å². The number of hydrogen-bond donors (Lipinski definition) is 1. The third-order valence-corrected chi connectivity index (χ3v) is 6.39. The predicted molar refractivity (Wildman–Crippen MR) is 114 cm³/mol. The molecule has 152 valence electrons. The molecule has 0 atom stereocenters. The molecule has 1 fully saturated rings. The minimum atomic E-state index is -0.290. The van der Waals surface area contributed by atoms with E-state index in [4.69, 9.17) is 4.74 Å². The highest BCUT2D eigenvalue weighted by atomic mass is 32.2. The average Bonchev–Trinajstić information content (AvgIpc) is 2.76. The third-order valence-electron chi connectivity index (χ3n) is 5.34. The molecule has 2 aromatic rings. The monoisotopic (exact) mass is 411 g/mol. The number of thioether (sulfide) groups is 1. The molecule has 1 aliphatic heterocycles.